The second-order valence-corrected chi connectivity index (χ2v) is 8.35. The van der Waals surface area contributed by atoms with E-state index in [1.54, 1.807) is 24.3 Å². The van der Waals surface area contributed by atoms with E-state index in [9.17, 15) is 18.4 Å². The fourth-order valence-electron chi connectivity index (χ4n) is 3.17. The number of aromatic amines is 1. The number of anilines is 1. The van der Waals surface area contributed by atoms with Crippen LogP contribution in [-0.4, -0.2) is 15.9 Å². The van der Waals surface area contributed by atoms with Gasteiger partial charge >= 0.3 is 0 Å². The molecule has 2 heterocycles. The van der Waals surface area contributed by atoms with Crippen molar-refractivity contribution in [1.82, 2.24) is 9.97 Å². The number of carbonyl (C=O) groups excluding carboxylic acids is 1. The maximum absolute atomic E-state index is 13.6. The lowest BCUT2D eigenvalue weighted by molar-refractivity contribution is -0.116. The van der Waals surface area contributed by atoms with Crippen LogP contribution in [0.4, 0.5) is 14.6 Å². The summed E-state index contributed by atoms with van der Waals surface area (Å²) < 4.78 is 26.9. The molecule has 2 N–H and O–H groups in total. The maximum Gasteiger partial charge on any atom is 0.257 e. The lowest BCUT2D eigenvalue weighted by Gasteiger charge is -2.24. The van der Waals surface area contributed by atoms with Gasteiger partial charge in [0.25, 0.3) is 5.56 Å². The molecule has 9 heteroatoms. The maximum atomic E-state index is 13.6. The summed E-state index contributed by atoms with van der Waals surface area (Å²) >= 11 is 4.41. The molecule has 0 saturated carbocycles. The summed E-state index contributed by atoms with van der Waals surface area (Å²) in [7, 11) is 0. The summed E-state index contributed by atoms with van der Waals surface area (Å²) in [5.74, 6) is -0.853. The molecule has 148 valence electrons. The van der Waals surface area contributed by atoms with Crippen LogP contribution >= 0.6 is 27.7 Å². The number of carbonyl (C=O) groups is 1. The summed E-state index contributed by atoms with van der Waals surface area (Å²) in [5, 5.41) is 3.00. The number of halogens is 3. The molecule has 1 amide bonds. The number of thioether (sulfide) groups is 1. The minimum Gasteiger partial charge on any atom is -0.310 e. The van der Waals surface area contributed by atoms with Crippen LogP contribution in [-0.2, 0) is 10.5 Å². The first-order chi connectivity index (χ1) is 13.9. The molecule has 1 aromatic heterocycles. The minimum atomic E-state index is -0.525. The van der Waals surface area contributed by atoms with E-state index in [4.69, 9.17) is 0 Å². The van der Waals surface area contributed by atoms with Crippen molar-refractivity contribution in [3.8, 4) is 0 Å². The largest absolute Gasteiger partial charge is 0.310 e. The highest BCUT2D eigenvalue weighted by molar-refractivity contribution is 9.10. The first-order valence-corrected chi connectivity index (χ1v) is 10.4. The van der Waals surface area contributed by atoms with Crippen molar-refractivity contribution in [3.05, 3.63) is 85.6 Å². The van der Waals surface area contributed by atoms with Gasteiger partial charge in [-0.15, -0.1) is 0 Å². The molecule has 0 spiro atoms. The second-order valence-electron chi connectivity index (χ2n) is 6.53. The second kappa shape index (κ2) is 8.08. The van der Waals surface area contributed by atoms with Crippen molar-refractivity contribution in [3.63, 3.8) is 0 Å². The van der Waals surface area contributed by atoms with Crippen molar-refractivity contribution in [2.24, 2.45) is 0 Å². The van der Waals surface area contributed by atoms with Crippen molar-refractivity contribution in [1.29, 1.82) is 0 Å². The lowest BCUT2D eigenvalue weighted by Crippen LogP contribution is -2.31. The number of amides is 1. The van der Waals surface area contributed by atoms with Crippen LogP contribution in [0.3, 0.4) is 0 Å². The predicted octanol–water partition coefficient (Wildman–Crippen LogP) is 4.58. The predicted molar refractivity (Wildman–Crippen MR) is 110 cm³/mol. The van der Waals surface area contributed by atoms with Gasteiger partial charge in [0.1, 0.15) is 17.5 Å². The number of hydrogen-bond donors (Lipinski definition) is 2. The van der Waals surface area contributed by atoms with Gasteiger partial charge < -0.3 is 10.3 Å². The lowest BCUT2D eigenvalue weighted by atomic mass is 9.87. The monoisotopic (exact) mass is 477 g/mol. The molecule has 3 aromatic rings. The number of nitrogens with zero attached hydrogens (tertiary/aromatic N) is 1. The Bertz CT molecular complexity index is 1150. The molecule has 2 aromatic carbocycles. The molecule has 0 unspecified atom stereocenters. The van der Waals surface area contributed by atoms with E-state index < -0.39 is 11.7 Å². The highest BCUT2D eigenvalue weighted by atomic mass is 79.9. The molecule has 5 nitrogen and oxygen atoms in total. The molecular formula is C20H14BrF2N3O2S. The first kappa shape index (κ1) is 19.8. The Morgan fingerprint density at radius 3 is 2.62 bits per heavy atom. The molecule has 0 bridgehead atoms. The van der Waals surface area contributed by atoms with Crippen LogP contribution in [0, 0.1) is 11.6 Å². The third-order valence-corrected chi connectivity index (χ3v) is 6.12. The number of fused-ring (bicyclic) bond motifs is 1. The number of aromatic nitrogens is 2. The Hall–Kier alpha value is -2.52. The normalized spacial score (nSPS) is 15.7. The Morgan fingerprint density at radius 1 is 1.14 bits per heavy atom. The van der Waals surface area contributed by atoms with Crippen molar-refractivity contribution >= 4 is 39.4 Å². The van der Waals surface area contributed by atoms with Crippen molar-refractivity contribution in [2.45, 2.75) is 23.2 Å². The third-order valence-electron chi connectivity index (χ3n) is 4.56. The van der Waals surface area contributed by atoms with E-state index in [-0.39, 0.29) is 34.0 Å². The Kier molecular flexibility index (Phi) is 5.51. The Labute approximate surface area is 177 Å². The third kappa shape index (κ3) is 4.25. The Morgan fingerprint density at radius 2 is 1.90 bits per heavy atom. The fraction of sp³-hybridized carbons (Fsp3) is 0.150. The topological polar surface area (TPSA) is 74.8 Å². The summed E-state index contributed by atoms with van der Waals surface area (Å²) in [5.41, 5.74) is 1.50. The van der Waals surface area contributed by atoms with Crippen molar-refractivity contribution in [2.75, 3.05) is 5.32 Å². The quantitative estimate of drug-likeness (QED) is 0.426. The summed E-state index contributed by atoms with van der Waals surface area (Å²) in [6, 6.07) is 10.5. The number of H-pyrrole nitrogens is 1. The standard InChI is InChI=1S/C20H14BrF2N3O2S/c21-14-7-11(3-6-15(14)23)13-8-16(27)24-18-17(13)19(28)26-20(25-18)29-9-10-1-4-12(22)5-2-10/h1-7,13H,8-9H2,(H2,24,25,26,27,28)/t13-/m1/s1. The number of benzene rings is 2. The van der Waals surface area contributed by atoms with Gasteiger partial charge in [-0.3, -0.25) is 9.59 Å². The van der Waals surface area contributed by atoms with Gasteiger partial charge in [0.2, 0.25) is 5.91 Å². The number of nitrogens with one attached hydrogen (secondary N) is 2. The zero-order chi connectivity index (χ0) is 20.5. The summed E-state index contributed by atoms with van der Waals surface area (Å²) in [4.78, 5) is 32.1. The molecule has 4 rings (SSSR count). The molecular weight excluding hydrogens is 464 g/mol. The van der Waals surface area contributed by atoms with Gasteiger partial charge in [-0.25, -0.2) is 13.8 Å². The molecule has 0 fully saturated rings. The average molecular weight is 478 g/mol. The highest BCUT2D eigenvalue weighted by Crippen LogP contribution is 2.36. The van der Waals surface area contributed by atoms with Crippen LogP contribution < -0.4 is 10.9 Å². The van der Waals surface area contributed by atoms with E-state index in [1.165, 1.54) is 30.0 Å². The zero-order valence-corrected chi connectivity index (χ0v) is 17.2. The number of rotatable bonds is 4. The van der Waals surface area contributed by atoms with E-state index >= 15 is 0 Å². The van der Waals surface area contributed by atoms with Crippen LogP contribution in [0.5, 0.6) is 0 Å². The van der Waals surface area contributed by atoms with Crippen LogP contribution in [0.1, 0.15) is 29.0 Å². The molecule has 0 radical (unpaired) electrons. The SMILES string of the molecule is O=C1C[C@H](c2ccc(F)c(Br)c2)c2c(nc(SCc3ccc(F)cc3)[nH]c2=O)N1. The Balaban J connectivity index is 1.65. The molecule has 1 aliphatic rings. The molecule has 1 atom stereocenters. The van der Waals surface area contributed by atoms with E-state index in [0.29, 0.717) is 22.0 Å². The van der Waals surface area contributed by atoms with Gasteiger partial charge in [-0.2, -0.15) is 0 Å². The first-order valence-electron chi connectivity index (χ1n) is 8.67. The molecule has 29 heavy (non-hydrogen) atoms. The zero-order valence-electron chi connectivity index (χ0n) is 14.8. The van der Waals surface area contributed by atoms with E-state index in [1.807, 2.05) is 0 Å². The van der Waals surface area contributed by atoms with Gasteiger partial charge in [-0.1, -0.05) is 30.0 Å². The molecule has 1 aliphatic heterocycles. The molecule has 0 saturated heterocycles. The van der Waals surface area contributed by atoms with Crippen molar-refractivity contribution < 1.29 is 13.6 Å². The van der Waals surface area contributed by atoms with E-state index in [0.717, 1.165) is 5.56 Å². The van der Waals surface area contributed by atoms with E-state index in [2.05, 4.69) is 31.2 Å². The summed E-state index contributed by atoms with van der Waals surface area (Å²) in [6.07, 6.45) is 0.0674. The number of hydrogen-bond acceptors (Lipinski definition) is 4. The van der Waals surface area contributed by atoms with Gasteiger partial charge in [-0.05, 0) is 51.3 Å². The van der Waals surface area contributed by atoms with Crippen LogP contribution in [0.2, 0.25) is 0 Å². The van der Waals surface area contributed by atoms with Gasteiger partial charge in [0.15, 0.2) is 5.16 Å². The fourth-order valence-corrected chi connectivity index (χ4v) is 4.38. The van der Waals surface area contributed by atoms with Crippen LogP contribution in [0.25, 0.3) is 0 Å². The summed E-state index contributed by atoms with van der Waals surface area (Å²) in [6.45, 7) is 0. The average Bonchev–Trinajstić information content (AvgIpc) is 2.68. The molecule has 0 aliphatic carbocycles. The van der Waals surface area contributed by atoms with Crippen LogP contribution in [0.15, 0.2) is 56.9 Å². The van der Waals surface area contributed by atoms with Gasteiger partial charge in [0.05, 0.1) is 10.0 Å². The minimum absolute atomic E-state index is 0.0674. The van der Waals surface area contributed by atoms with Gasteiger partial charge in [0, 0.05) is 18.1 Å². The highest BCUT2D eigenvalue weighted by Gasteiger charge is 2.31. The smallest absolute Gasteiger partial charge is 0.257 e.